The molecule has 8 nitrogen and oxygen atoms in total. The van der Waals surface area contributed by atoms with Crippen LogP contribution in [0.25, 0.3) is 10.9 Å². The first kappa shape index (κ1) is 16.8. The lowest BCUT2D eigenvalue weighted by Crippen LogP contribution is -2.59. The van der Waals surface area contributed by atoms with Gasteiger partial charge in [0, 0.05) is 30.0 Å². The molecule has 2 aromatic rings. The molecule has 0 spiro atoms. The average Bonchev–Trinajstić information content (AvgIpc) is 3.44. The molecule has 3 N–H and O–H groups in total. The van der Waals surface area contributed by atoms with Crippen molar-refractivity contribution in [2.24, 2.45) is 5.73 Å². The third kappa shape index (κ3) is 2.90. The molecule has 1 aromatic heterocycles. The Labute approximate surface area is 154 Å². The highest BCUT2D eigenvalue weighted by Crippen LogP contribution is 2.45. The van der Waals surface area contributed by atoms with Crippen molar-refractivity contribution < 1.29 is 14.7 Å². The van der Waals surface area contributed by atoms with E-state index in [-0.39, 0.29) is 13.1 Å². The van der Waals surface area contributed by atoms with E-state index in [0.717, 1.165) is 34.2 Å². The molecular weight excluding hydrogens is 358 g/mol. The molecule has 1 atom stereocenters. The van der Waals surface area contributed by atoms with Crippen molar-refractivity contribution in [3.63, 3.8) is 0 Å². The van der Waals surface area contributed by atoms with Crippen LogP contribution in [0.2, 0.25) is 5.02 Å². The van der Waals surface area contributed by atoms with Crippen LogP contribution in [0.3, 0.4) is 0 Å². The summed E-state index contributed by atoms with van der Waals surface area (Å²) in [5.41, 5.74) is 7.23. The zero-order valence-electron chi connectivity index (χ0n) is 13.9. The second-order valence-corrected chi connectivity index (χ2v) is 7.11. The Morgan fingerprint density at radius 2 is 2.00 bits per heavy atom. The van der Waals surface area contributed by atoms with Gasteiger partial charge in [0.15, 0.2) is 0 Å². The number of anilines is 1. The van der Waals surface area contributed by atoms with E-state index >= 15 is 0 Å². The van der Waals surface area contributed by atoms with Crippen molar-refractivity contribution in [1.82, 2.24) is 14.9 Å². The van der Waals surface area contributed by atoms with Gasteiger partial charge in [-0.1, -0.05) is 11.6 Å². The molecule has 2 amide bonds. The van der Waals surface area contributed by atoms with Gasteiger partial charge in [-0.25, -0.2) is 14.8 Å². The number of hydrogen-bond acceptors (Lipinski definition) is 5. The van der Waals surface area contributed by atoms with Crippen LogP contribution in [0.5, 0.6) is 0 Å². The highest BCUT2D eigenvalue weighted by Gasteiger charge is 2.35. The summed E-state index contributed by atoms with van der Waals surface area (Å²) in [5, 5.41) is 10.8. The van der Waals surface area contributed by atoms with Crippen LogP contribution in [0.4, 0.5) is 10.6 Å². The second kappa shape index (κ2) is 6.28. The Morgan fingerprint density at radius 1 is 1.23 bits per heavy atom. The molecule has 1 aromatic carbocycles. The number of carbonyl (C=O) groups excluding carboxylic acids is 1. The summed E-state index contributed by atoms with van der Waals surface area (Å²) in [7, 11) is 0. The number of piperazine rings is 1. The Morgan fingerprint density at radius 3 is 2.65 bits per heavy atom. The minimum Gasteiger partial charge on any atom is -0.465 e. The van der Waals surface area contributed by atoms with E-state index in [9.17, 15) is 14.7 Å². The van der Waals surface area contributed by atoms with Crippen molar-refractivity contribution in [3.8, 4) is 0 Å². The summed E-state index contributed by atoms with van der Waals surface area (Å²) in [6, 6.07) is 2.95. The maximum atomic E-state index is 11.7. The van der Waals surface area contributed by atoms with E-state index in [4.69, 9.17) is 17.3 Å². The quantitative estimate of drug-likeness (QED) is 0.846. The average molecular weight is 376 g/mol. The summed E-state index contributed by atoms with van der Waals surface area (Å²) in [4.78, 5) is 34.8. The van der Waals surface area contributed by atoms with Crippen LogP contribution in [0.15, 0.2) is 18.5 Å². The molecule has 1 saturated heterocycles. The van der Waals surface area contributed by atoms with Gasteiger partial charge in [-0.15, -0.1) is 0 Å². The molecule has 0 radical (unpaired) electrons. The number of hydrogen-bond donors (Lipinski definition) is 2. The van der Waals surface area contributed by atoms with Gasteiger partial charge < -0.3 is 15.7 Å². The highest BCUT2D eigenvalue weighted by atomic mass is 35.5. The third-order valence-electron chi connectivity index (χ3n) is 5.00. The molecule has 1 aliphatic heterocycles. The zero-order chi connectivity index (χ0) is 18.4. The normalized spacial score (nSPS) is 20.4. The number of halogens is 1. The smallest absolute Gasteiger partial charge is 0.408 e. The van der Waals surface area contributed by atoms with Gasteiger partial charge in [-0.2, -0.15) is 0 Å². The number of benzene rings is 1. The van der Waals surface area contributed by atoms with Crippen molar-refractivity contribution in [2.45, 2.75) is 24.8 Å². The summed E-state index contributed by atoms with van der Waals surface area (Å²) < 4.78 is 0. The van der Waals surface area contributed by atoms with Crippen molar-refractivity contribution in [2.75, 3.05) is 24.5 Å². The first-order valence-electron chi connectivity index (χ1n) is 8.43. The standard InChI is InChI=1S/C17H18ClN5O3/c18-12-6-13-11(5-10(12)9-1-2-9)16(21-8-20-13)22-3-4-23(17(25)26)14(7-22)15(19)24/h5-6,8-9,14H,1-4,7H2,(H2,19,24)(H,25,26). The Hall–Kier alpha value is -2.61. The fraction of sp³-hybridized carbons (Fsp3) is 0.412. The molecule has 1 aliphatic carbocycles. The number of primary amides is 1. The van der Waals surface area contributed by atoms with E-state index in [1.807, 2.05) is 17.0 Å². The molecule has 136 valence electrons. The largest absolute Gasteiger partial charge is 0.465 e. The monoisotopic (exact) mass is 375 g/mol. The number of nitrogens with two attached hydrogens (primary N) is 1. The topological polar surface area (TPSA) is 113 Å². The fourth-order valence-corrected chi connectivity index (χ4v) is 3.80. The fourth-order valence-electron chi connectivity index (χ4n) is 3.49. The van der Waals surface area contributed by atoms with Gasteiger partial charge in [0.05, 0.1) is 5.52 Å². The summed E-state index contributed by atoms with van der Waals surface area (Å²) >= 11 is 6.39. The Balaban J connectivity index is 1.73. The zero-order valence-corrected chi connectivity index (χ0v) is 14.7. The number of rotatable bonds is 3. The minimum absolute atomic E-state index is 0.162. The number of carbonyl (C=O) groups is 2. The summed E-state index contributed by atoms with van der Waals surface area (Å²) in [6.07, 6.45) is 2.54. The Bertz CT molecular complexity index is 901. The lowest BCUT2D eigenvalue weighted by atomic mass is 10.1. The van der Waals surface area contributed by atoms with Crippen LogP contribution in [0, 0.1) is 0 Å². The first-order valence-corrected chi connectivity index (χ1v) is 8.81. The number of nitrogens with zero attached hydrogens (tertiary/aromatic N) is 4. The highest BCUT2D eigenvalue weighted by molar-refractivity contribution is 6.32. The predicted octanol–water partition coefficient (Wildman–Crippen LogP) is 1.81. The molecule has 2 fully saturated rings. The molecule has 0 bridgehead atoms. The van der Waals surface area contributed by atoms with Crippen molar-refractivity contribution in [1.29, 1.82) is 0 Å². The van der Waals surface area contributed by atoms with Crippen LogP contribution in [0.1, 0.15) is 24.3 Å². The van der Waals surface area contributed by atoms with E-state index in [2.05, 4.69) is 9.97 Å². The Kier molecular flexibility index (Phi) is 4.07. The van der Waals surface area contributed by atoms with E-state index < -0.39 is 18.0 Å². The minimum atomic E-state index is -1.15. The number of carboxylic acid groups (broad SMARTS) is 1. The molecule has 1 saturated carbocycles. The van der Waals surface area contributed by atoms with Crippen LogP contribution < -0.4 is 10.6 Å². The number of aromatic nitrogens is 2. The lowest BCUT2D eigenvalue weighted by molar-refractivity contribution is -0.122. The van der Waals surface area contributed by atoms with E-state index in [1.165, 1.54) is 6.33 Å². The molecule has 4 rings (SSSR count). The summed E-state index contributed by atoms with van der Waals surface area (Å²) in [6.45, 7) is 0.760. The SMILES string of the molecule is NC(=O)C1CN(c2ncnc3cc(Cl)c(C4CC4)cc23)CCN1C(=O)O. The molecule has 2 heterocycles. The molecule has 9 heteroatoms. The van der Waals surface area contributed by atoms with Crippen molar-refractivity contribution >= 4 is 40.3 Å². The number of fused-ring (bicyclic) bond motifs is 1. The van der Waals surface area contributed by atoms with Gasteiger partial charge in [-0.3, -0.25) is 9.69 Å². The van der Waals surface area contributed by atoms with Gasteiger partial charge >= 0.3 is 6.09 Å². The molecule has 2 aliphatic rings. The van der Waals surface area contributed by atoms with E-state index in [1.54, 1.807) is 0 Å². The van der Waals surface area contributed by atoms with Crippen LogP contribution in [-0.2, 0) is 4.79 Å². The van der Waals surface area contributed by atoms with Crippen LogP contribution >= 0.6 is 11.6 Å². The molecule has 1 unspecified atom stereocenters. The van der Waals surface area contributed by atoms with Crippen LogP contribution in [-0.4, -0.2) is 57.7 Å². The van der Waals surface area contributed by atoms with E-state index in [0.29, 0.717) is 23.3 Å². The predicted molar refractivity (Wildman–Crippen MR) is 96.4 cm³/mol. The molecular formula is C17H18ClN5O3. The summed E-state index contributed by atoms with van der Waals surface area (Å²) in [5.74, 6) is 0.476. The maximum absolute atomic E-state index is 11.7. The lowest BCUT2D eigenvalue weighted by Gasteiger charge is -2.39. The number of amides is 2. The van der Waals surface area contributed by atoms with Gasteiger partial charge in [0.1, 0.15) is 18.2 Å². The maximum Gasteiger partial charge on any atom is 0.408 e. The van der Waals surface area contributed by atoms with Crippen molar-refractivity contribution in [3.05, 3.63) is 29.0 Å². The van der Waals surface area contributed by atoms with Gasteiger partial charge in [0.25, 0.3) is 0 Å². The van der Waals surface area contributed by atoms with Gasteiger partial charge in [-0.05, 0) is 36.5 Å². The second-order valence-electron chi connectivity index (χ2n) is 6.70. The van der Waals surface area contributed by atoms with Gasteiger partial charge in [0.2, 0.25) is 5.91 Å². The molecule has 26 heavy (non-hydrogen) atoms. The third-order valence-corrected chi connectivity index (χ3v) is 5.33. The first-order chi connectivity index (χ1) is 12.5.